The molecule has 1 aliphatic carbocycles. The molecule has 1 aliphatic heterocycles. The van der Waals surface area contributed by atoms with Gasteiger partial charge in [0.05, 0.1) is 13.2 Å². The van der Waals surface area contributed by atoms with Crippen molar-refractivity contribution in [2.24, 2.45) is 11.7 Å². The Morgan fingerprint density at radius 1 is 1.36 bits per heavy atom. The molecule has 1 fully saturated rings. The summed E-state index contributed by atoms with van der Waals surface area (Å²) in [5.41, 5.74) is 7.27. The molecule has 7 heteroatoms. The van der Waals surface area contributed by atoms with Gasteiger partial charge in [-0.2, -0.15) is 0 Å². The summed E-state index contributed by atoms with van der Waals surface area (Å²) in [4.78, 5) is 28.0. The topological polar surface area (TPSA) is 72.6 Å². The van der Waals surface area contributed by atoms with Crippen LogP contribution in [-0.2, 0) is 22.5 Å². The summed E-state index contributed by atoms with van der Waals surface area (Å²) in [5, 5.41) is 0. The Bertz CT molecular complexity index is 613. The predicted molar refractivity (Wildman–Crippen MR) is 101 cm³/mol. The molecule has 0 saturated heterocycles. The summed E-state index contributed by atoms with van der Waals surface area (Å²) in [6.07, 6.45) is 7.86. The van der Waals surface area contributed by atoms with Crippen LogP contribution in [0.5, 0.6) is 0 Å². The number of nitrogens with two attached hydrogens (primary N) is 1. The third-order valence-electron chi connectivity index (χ3n) is 5.19. The SMILES string of the molecule is COC(=O)c1cc2c(s1)CCN(C(=O)[C@@H](N)CC1CCCCC1)C2.Cl. The second-order valence-corrected chi connectivity index (χ2v) is 8.04. The summed E-state index contributed by atoms with van der Waals surface area (Å²) in [6, 6.07) is 1.46. The Labute approximate surface area is 159 Å². The van der Waals surface area contributed by atoms with Gasteiger partial charge < -0.3 is 15.4 Å². The minimum absolute atomic E-state index is 0. The Morgan fingerprint density at radius 3 is 2.76 bits per heavy atom. The fourth-order valence-corrected chi connectivity index (χ4v) is 4.92. The van der Waals surface area contributed by atoms with Gasteiger partial charge >= 0.3 is 5.97 Å². The molecule has 0 bridgehead atoms. The molecular weight excluding hydrogens is 360 g/mol. The van der Waals surface area contributed by atoms with Gasteiger partial charge in [0.1, 0.15) is 4.88 Å². The molecule has 3 rings (SSSR count). The van der Waals surface area contributed by atoms with E-state index in [1.807, 2.05) is 11.0 Å². The predicted octanol–water partition coefficient (Wildman–Crippen LogP) is 3.14. The molecule has 0 radical (unpaired) electrons. The summed E-state index contributed by atoms with van der Waals surface area (Å²) in [6.45, 7) is 1.24. The molecule has 1 aromatic rings. The molecule has 140 valence electrons. The smallest absolute Gasteiger partial charge is 0.348 e. The number of amides is 1. The van der Waals surface area contributed by atoms with E-state index in [-0.39, 0.29) is 24.3 Å². The molecule has 1 atom stereocenters. The van der Waals surface area contributed by atoms with Crippen LogP contribution in [0.15, 0.2) is 6.07 Å². The molecule has 0 spiro atoms. The van der Waals surface area contributed by atoms with Crippen molar-refractivity contribution in [3.63, 3.8) is 0 Å². The zero-order valence-corrected chi connectivity index (χ0v) is 16.3. The van der Waals surface area contributed by atoms with Crippen molar-refractivity contribution in [3.8, 4) is 0 Å². The van der Waals surface area contributed by atoms with Crippen LogP contribution in [0.3, 0.4) is 0 Å². The highest BCUT2D eigenvalue weighted by molar-refractivity contribution is 7.14. The summed E-state index contributed by atoms with van der Waals surface area (Å²) in [5.74, 6) is 0.350. The van der Waals surface area contributed by atoms with Crippen molar-refractivity contribution in [3.05, 3.63) is 21.4 Å². The lowest BCUT2D eigenvalue weighted by Crippen LogP contribution is -2.46. The number of carbonyl (C=O) groups excluding carboxylic acids is 2. The number of fused-ring (bicyclic) bond motifs is 1. The van der Waals surface area contributed by atoms with Crippen molar-refractivity contribution in [2.75, 3.05) is 13.7 Å². The number of methoxy groups -OCH3 is 1. The van der Waals surface area contributed by atoms with Crippen LogP contribution in [0.4, 0.5) is 0 Å². The van der Waals surface area contributed by atoms with Crippen LogP contribution in [0.25, 0.3) is 0 Å². The summed E-state index contributed by atoms with van der Waals surface area (Å²) in [7, 11) is 1.39. The van der Waals surface area contributed by atoms with E-state index in [9.17, 15) is 9.59 Å². The molecule has 1 saturated carbocycles. The zero-order chi connectivity index (χ0) is 17.1. The van der Waals surface area contributed by atoms with Gasteiger partial charge in [0, 0.05) is 18.0 Å². The molecule has 1 aromatic heterocycles. The highest BCUT2D eigenvalue weighted by atomic mass is 35.5. The third kappa shape index (κ3) is 4.74. The quantitative estimate of drug-likeness (QED) is 0.807. The van der Waals surface area contributed by atoms with E-state index < -0.39 is 6.04 Å². The van der Waals surface area contributed by atoms with E-state index in [4.69, 9.17) is 10.5 Å². The lowest BCUT2D eigenvalue weighted by Gasteiger charge is -2.31. The lowest BCUT2D eigenvalue weighted by molar-refractivity contribution is -0.134. The second-order valence-electron chi connectivity index (χ2n) is 6.91. The summed E-state index contributed by atoms with van der Waals surface area (Å²) >= 11 is 1.47. The minimum atomic E-state index is -0.395. The number of rotatable bonds is 4. The Morgan fingerprint density at radius 2 is 2.08 bits per heavy atom. The first-order chi connectivity index (χ1) is 11.6. The van der Waals surface area contributed by atoms with E-state index in [0.29, 0.717) is 23.9 Å². The molecule has 1 amide bonds. The van der Waals surface area contributed by atoms with E-state index in [2.05, 4.69) is 0 Å². The minimum Gasteiger partial charge on any atom is -0.465 e. The van der Waals surface area contributed by atoms with Crippen LogP contribution in [-0.4, -0.2) is 36.5 Å². The lowest BCUT2D eigenvalue weighted by atomic mass is 9.84. The number of halogens is 1. The number of ether oxygens (including phenoxy) is 1. The highest BCUT2D eigenvalue weighted by Gasteiger charge is 2.29. The number of carbonyl (C=O) groups is 2. The van der Waals surface area contributed by atoms with Crippen molar-refractivity contribution < 1.29 is 14.3 Å². The first-order valence-corrected chi connectivity index (χ1v) is 9.64. The molecule has 2 aliphatic rings. The van der Waals surface area contributed by atoms with Crippen LogP contribution in [0, 0.1) is 5.92 Å². The molecule has 2 heterocycles. The van der Waals surface area contributed by atoms with Gasteiger partial charge in [-0.3, -0.25) is 4.79 Å². The fraction of sp³-hybridized carbons (Fsp3) is 0.667. The molecule has 2 N–H and O–H groups in total. The van der Waals surface area contributed by atoms with E-state index in [0.717, 1.165) is 18.4 Å². The van der Waals surface area contributed by atoms with Gasteiger partial charge in [-0.15, -0.1) is 23.7 Å². The van der Waals surface area contributed by atoms with Crippen LogP contribution in [0.1, 0.15) is 58.6 Å². The molecule has 25 heavy (non-hydrogen) atoms. The van der Waals surface area contributed by atoms with Gasteiger partial charge in [0.2, 0.25) is 5.91 Å². The zero-order valence-electron chi connectivity index (χ0n) is 14.7. The fourth-order valence-electron chi connectivity index (χ4n) is 3.84. The molecule has 5 nitrogen and oxygen atoms in total. The number of nitrogens with zero attached hydrogens (tertiary/aromatic N) is 1. The van der Waals surface area contributed by atoms with Crippen LogP contribution in [0.2, 0.25) is 0 Å². The normalized spacial score (nSPS) is 18.9. The third-order valence-corrected chi connectivity index (χ3v) is 6.41. The average Bonchev–Trinajstić information content (AvgIpc) is 3.04. The van der Waals surface area contributed by atoms with Gasteiger partial charge in [-0.25, -0.2) is 4.79 Å². The Hall–Kier alpha value is -1.11. The number of hydrogen-bond acceptors (Lipinski definition) is 5. The van der Waals surface area contributed by atoms with Crippen molar-refractivity contribution in [2.45, 2.75) is 57.5 Å². The Balaban J connectivity index is 0.00000225. The number of hydrogen-bond donors (Lipinski definition) is 1. The highest BCUT2D eigenvalue weighted by Crippen LogP contribution is 2.30. The first-order valence-electron chi connectivity index (χ1n) is 8.82. The first kappa shape index (κ1) is 20.2. The average molecular weight is 387 g/mol. The van der Waals surface area contributed by atoms with Crippen LogP contribution >= 0.6 is 23.7 Å². The van der Waals surface area contributed by atoms with Crippen molar-refractivity contribution in [1.29, 1.82) is 0 Å². The van der Waals surface area contributed by atoms with Gasteiger partial charge in [-0.05, 0) is 30.4 Å². The second kappa shape index (κ2) is 9.01. The molecular formula is C18H27ClN2O3S. The van der Waals surface area contributed by atoms with Gasteiger partial charge in [0.15, 0.2) is 0 Å². The van der Waals surface area contributed by atoms with Crippen LogP contribution < -0.4 is 5.73 Å². The number of esters is 1. The van der Waals surface area contributed by atoms with Crippen molar-refractivity contribution in [1.82, 2.24) is 4.90 Å². The van der Waals surface area contributed by atoms with Crippen molar-refractivity contribution >= 4 is 35.6 Å². The van der Waals surface area contributed by atoms with E-state index in [1.165, 1.54) is 55.4 Å². The molecule has 0 unspecified atom stereocenters. The van der Waals surface area contributed by atoms with Gasteiger partial charge in [-0.1, -0.05) is 32.1 Å². The van der Waals surface area contributed by atoms with E-state index >= 15 is 0 Å². The maximum Gasteiger partial charge on any atom is 0.348 e. The number of thiophene rings is 1. The van der Waals surface area contributed by atoms with E-state index in [1.54, 1.807) is 0 Å². The maximum absolute atomic E-state index is 12.7. The summed E-state index contributed by atoms with van der Waals surface area (Å²) < 4.78 is 4.78. The maximum atomic E-state index is 12.7. The standard InChI is InChI=1S/C18H26N2O3S.ClH/c1-23-18(22)16-10-13-11-20(8-7-15(13)24-16)17(21)14(19)9-12-5-3-2-4-6-12;/h10,12,14H,2-9,11,19H2,1H3;1H/t14-;/m0./s1. The molecule has 0 aromatic carbocycles. The largest absolute Gasteiger partial charge is 0.465 e. The van der Waals surface area contributed by atoms with Gasteiger partial charge in [0.25, 0.3) is 0 Å². The monoisotopic (exact) mass is 386 g/mol. The Kier molecular flexibility index (Phi) is 7.28.